The molecule has 1 atom stereocenters. The fourth-order valence-electron chi connectivity index (χ4n) is 1.20. The Hall–Kier alpha value is -1.04. The molecule has 0 aromatic carbocycles. The van der Waals surface area contributed by atoms with Crippen molar-refractivity contribution in [1.82, 2.24) is 10.3 Å². The van der Waals surface area contributed by atoms with Crippen LogP contribution in [-0.2, 0) is 9.53 Å². The van der Waals surface area contributed by atoms with Gasteiger partial charge in [0.2, 0.25) is 0 Å². The number of nitrogens with zero attached hydrogens (tertiary/aromatic N) is 1. The summed E-state index contributed by atoms with van der Waals surface area (Å²) in [6, 6.07) is 0.00731. The highest BCUT2D eigenvalue weighted by atomic mass is 35.5. The quantitative estimate of drug-likeness (QED) is 0.837. The third-order valence-corrected chi connectivity index (χ3v) is 3.71. The second kappa shape index (κ2) is 7.67. The number of rotatable bonds is 5. The van der Waals surface area contributed by atoms with E-state index < -0.39 is 18.5 Å². The van der Waals surface area contributed by atoms with Crippen molar-refractivity contribution < 1.29 is 14.3 Å². The van der Waals surface area contributed by atoms with Crippen LogP contribution in [0, 0.1) is 0 Å². The van der Waals surface area contributed by atoms with E-state index in [9.17, 15) is 9.59 Å². The Balaban J connectivity index is 2.64. The molecule has 0 aliphatic carbocycles. The minimum absolute atomic E-state index is 0.00731. The number of aromatic nitrogens is 1. The first-order chi connectivity index (χ1) is 9.36. The minimum Gasteiger partial charge on any atom is -0.451 e. The van der Waals surface area contributed by atoms with Crippen molar-refractivity contribution in [2.24, 2.45) is 0 Å². The largest absolute Gasteiger partial charge is 0.451 e. The summed E-state index contributed by atoms with van der Waals surface area (Å²) in [5, 5.41) is 2.69. The van der Waals surface area contributed by atoms with Crippen LogP contribution in [0.3, 0.4) is 0 Å². The molecular weight excluding hydrogens is 327 g/mol. The Labute approximate surface area is 131 Å². The molecule has 110 valence electrons. The van der Waals surface area contributed by atoms with Crippen LogP contribution in [-0.4, -0.2) is 29.5 Å². The van der Waals surface area contributed by atoms with E-state index in [-0.39, 0.29) is 26.8 Å². The van der Waals surface area contributed by atoms with E-state index in [1.807, 2.05) is 13.8 Å². The number of hydrogen-bond acceptors (Lipinski definition) is 4. The summed E-state index contributed by atoms with van der Waals surface area (Å²) < 4.78 is 4.81. The molecule has 0 saturated carbocycles. The number of hydrogen-bond donors (Lipinski definition) is 1. The van der Waals surface area contributed by atoms with Crippen molar-refractivity contribution in [3.05, 3.63) is 27.0 Å². The summed E-state index contributed by atoms with van der Waals surface area (Å²) in [6.07, 6.45) is 1.96. The second-order valence-corrected chi connectivity index (χ2v) is 5.20. The summed E-state index contributed by atoms with van der Waals surface area (Å²) in [6.45, 7) is 3.36. The van der Waals surface area contributed by atoms with Crippen LogP contribution in [0.5, 0.6) is 0 Å². The fraction of sp³-hybridized carbons (Fsp3) is 0.417. The molecule has 1 rings (SSSR count). The van der Waals surface area contributed by atoms with Gasteiger partial charge in [-0.05, 0) is 13.3 Å². The smallest absolute Gasteiger partial charge is 0.359 e. The van der Waals surface area contributed by atoms with E-state index in [0.717, 1.165) is 6.42 Å². The van der Waals surface area contributed by atoms with Gasteiger partial charge in [-0.25, -0.2) is 9.78 Å². The van der Waals surface area contributed by atoms with Crippen molar-refractivity contribution in [3.8, 4) is 0 Å². The molecular formula is C12H13Cl3N2O3. The fourth-order valence-corrected chi connectivity index (χ4v) is 1.76. The topological polar surface area (TPSA) is 68.3 Å². The normalized spacial score (nSPS) is 11.8. The first kappa shape index (κ1) is 17.0. The van der Waals surface area contributed by atoms with Crippen molar-refractivity contribution in [1.29, 1.82) is 0 Å². The highest BCUT2D eigenvalue weighted by molar-refractivity contribution is 6.48. The van der Waals surface area contributed by atoms with Gasteiger partial charge in [-0.3, -0.25) is 4.79 Å². The first-order valence-corrected chi connectivity index (χ1v) is 6.96. The molecule has 8 heteroatoms. The molecule has 0 bridgehead atoms. The number of esters is 1. The van der Waals surface area contributed by atoms with Crippen LogP contribution >= 0.6 is 34.8 Å². The molecule has 0 saturated heterocycles. The number of ether oxygens (including phenoxy) is 1. The van der Waals surface area contributed by atoms with Gasteiger partial charge < -0.3 is 10.1 Å². The van der Waals surface area contributed by atoms with Gasteiger partial charge in [-0.1, -0.05) is 41.7 Å². The average molecular weight is 340 g/mol. The molecule has 1 N–H and O–H groups in total. The van der Waals surface area contributed by atoms with Crippen LogP contribution in [0.2, 0.25) is 15.1 Å². The number of nitrogens with one attached hydrogen (secondary N) is 1. The van der Waals surface area contributed by atoms with E-state index in [2.05, 4.69) is 10.3 Å². The molecule has 0 radical (unpaired) electrons. The lowest BCUT2D eigenvalue weighted by molar-refractivity contribution is -0.124. The van der Waals surface area contributed by atoms with Crippen LogP contribution in [0.1, 0.15) is 30.8 Å². The maximum atomic E-state index is 11.7. The standard InChI is InChI=1S/C12H13Cl3N2O3/c1-3-6(2)17-8(18)5-20-12(19)11-10(15)9(14)7(13)4-16-11/h4,6H,3,5H2,1-2H3,(H,17,18)/t6-/m0/s1. The molecule has 1 aromatic heterocycles. The Bertz CT molecular complexity index is 523. The van der Waals surface area contributed by atoms with Gasteiger partial charge >= 0.3 is 5.97 Å². The summed E-state index contributed by atoms with van der Waals surface area (Å²) in [5.74, 6) is -1.24. The maximum absolute atomic E-state index is 11.7. The Morgan fingerprint density at radius 3 is 2.60 bits per heavy atom. The lowest BCUT2D eigenvalue weighted by Gasteiger charge is -2.11. The van der Waals surface area contributed by atoms with Gasteiger partial charge in [-0.15, -0.1) is 0 Å². The zero-order valence-corrected chi connectivity index (χ0v) is 13.1. The van der Waals surface area contributed by atoms with Crippen LogP contribution < -0.4 is 5.32 Å². The van der Waals surface area contributed by atoms with Crippen molar-refractivity contribution in [2.75, 3.05) is 6.61 Å². The third-order valence-electron chi connectivity index (χ3n) is 2.46. The number of halogens is 3. The number of carbonyl (C=O) groups is 2. The molecule has 0 aliphatic rings. The predicted octanol–water partition coefficient (Wildman–Crippen LogP) is 3.11. The summed E-state index contributed by atoms with van der Waals surface area (Å²) >= 11 is 17.3. The second-order valence-electron chi connectivity index (χ2n) is 4.04. The highest BCUT2D eigenvalue weighted by Crippen LogP contribution is 2.31. The number of pyridine rings is 1. The molecule has 20 heavy (non-hydrogen) atoms. The molecule has 0 unspecified atom stereocenters. The van der Waals surface area contributed by atoms with E-state index in [1.165, 1.54) is 6.20 Å². The lowest BCUT2D eigenvalue weighted by Crippen LogP contribution is -2.35. The zero-order chi connectivity index (χ0) is 15.3. The van der Waals surface area contributed by atoms with E-state index in [4.69, 9.17) is 39.5 Å². The van der Waals surface area contributed by atoms with Gasteiger partial charge in [0.05, 0.1) is 15.1 Å². The van der Waals surface area contributed by atoms with Crippen LogP contribution in [0.15, 0.2) is 6.20 Å². The maximum Gasteiger partial charge on any atom is 0.359 e. The first-order valence-electron chi connectivity index (χ1n) is 5.82. The van der Waals surface area contributed by atoms with Crippen molar-refractivity contribution in [2.45, 2.75) is 26.3 Å². The van der Waals surface area contributed by atoms with Crippen molar-refractivity contribution >= 4 is 46.7 Å². The zero-order valence-electron chi connectivity index (χ0n) is 10.9. The predicted molar refractivity (Wildman–Crippen MR) is 77.4 cm³/mol. The van der Waals surface area contributed by atoms with E-state index >= 15 is 0 Å². The van der Waals surface area contributed by atoms with Gasteiger partial charge in [0.15, 0.2) is 12.3 Å². The molecule has 0 spiro atoms. The number of carbonyl (C=O) groups excluding carboxylic acids is 2. The van der Waals surface area contributed by atoms with Gasteiger partial charge in [0.1, 0.15) is 0 Å². The average Bonchev–Trinajstić information content (AvgIpc) is 2.42. The summed E-state index contributed by atoms with van der Waals surface area (Å²) in [5.41, 5.74) is -0.183. The molecule has 0 fully saturated rings. The van der Waals surface area contributed by atoms with Crippen LogP contribution in [0.4, 0.5) is 0 Å². The van der Waals surface area contributed by atoms with Gasteiger partial charge in [-0.2, -0.15) is 0 Å². The Morgan fingerprint density at radius 2 is 2.00 bits per heavy atom. The SMILES string of the molecule is CC[C@H](C)NC(=O)COC(=O)c1ncc(Cl)c(Cl)c1Cl. The monoisotopic (exact) mass is 338 g/mol. The molecule has 1 heterocycles. The van der Waals surface area contributed by atoms with Gasteiger partial charge in [0.25, 0.3) is 5.91 Å². The summed E-state index contributed by atoms with van der Waals surface area (Å²) in [4.78, 5) is 26.9. The van der Waals surface area contributed by atoms with E-state index in [0.29, 0.717) is 0 Å². The lowest BCUT2D eigenvalue weighted by atomic mass is 10.2. The molecule has 1 amide bonds. The van der Waals surface area contributed by atoms with Crippen LogP contribution in [0.25, 0.3) is 0 Å². The summed E-state index contributed by atoms with van der Waals surface area (Å²) in [7, 11) is 0. The molecule has 1 aromatic rings. The Kier molecular flexibility index (Phi) is 6.52. The highest BCUT2D eigenvalue weighted by Gasteiger charge is 2.19. The molecule has 5 nitrogen and oxygen atoms in total. The van der Waals surface area contributed by atoms with Gasteiger partial charge in [0, 0.05) is 12.2 Å². The third kappa shape index (κ3) is 4.51. The Morgan fingerprint density at radius 1 is 1.35 bits per heavy atom. The van der Waals surface area contributed by atoms with E-state index in [1.54, 1.807) is 0 Å². The van der Waals surface area contributed by atoms with Crippen molar-refractivity contribution in [3.63, 3.8) is 0 Å². The number of amides is 1. The minimum atomic E-state index is -0.840. The molecule has 0 aliphatic heterocycles.